The molecule has 0 saturated carbocycles. The molecule has 0 spiro atoms. The number of hydrogen-bond donors (Lipinski definition) is 9. The van der Waals surface area contributed by atoms with Crippen molar-refractivity contribution < 1.29 is 64.6 Å². The van der Waals surface area contributed by atoms with Gasteiger partial charge in [0.15, 0.2) is 12.6 Å². The summed E-state index contributed by atoms with van der Waals surface area (Å²) in [4.78, 5) is 13.4. The molecule has 92 heavy (non-hydrogen) atoms. The fraction of sp³-hybridized carbons (Fsp3) is 0.962. The number of rotatable bonds is 68. The largest absolute Gasteiger partial charge is 0.394 e. The van der Waals surface area contributed by atoms with Gasteiger partial charge in [0, 0.05) is 6.42 Å². The number of allylic oxidation sites excluding steroid dienone is 1. The van der Waals surface area contributed by atoms with Crippen LogP contribution in [0, 0.1) is 0 Å². The molecular weight excluding hydrogens is 1160 g/mol. The molecule has 0 aliphatic carbocycles. The van der Waals surface area contributed by atoms with Crippen LogP contribution in [0.2, 0.25) is 0 Å². The molecule has 0 aromatic carbocycles. The predicted octanol–water partition coefficient (Wildman–Crippen LogP) is 17.7. The maximum atomic E-state index is 13.4. The summed E-state index contributed by atoms with van der Waals surface area (Å²) in [5.41, 5.74) is 0. The number of ether oxygens (including phenoxy) is 4. The van der Waals surface area contributed by atoms with Crippen molar-refractivity contribution in [3.05, 3.63) is 12.2 Å². The molecule has 12 atom stereocenters. The Balaban J connectivity index is 1.62. The van der Waals surface area contributed by atoms with Crippen molar-refractivity contribution in [2.45, 2.75) is 460 Å². The first-order valence-corrected chi connectivity index (χ1v) is 39.9. The van der Waals surface area contributed by atoms with Crippen LogP contribution in [-0.2, 0) is 23.7 Å². The van der Waals surface area contributed by atoms with E-state index < -0.39 is 86.8 Å². The Hall–Kier alpha value is -1.27. The van der Waals surface area contributed by atoms with E-state index in [1.165, 1.54) is 321 Å². The number of nitrogens with one attached hydrogen (secondary N) is 1. The summed E-state index contributed by atoms with van der Waals surface area (Å²) in [6, 6.07) is -0.912. The zero-order valence-electron chi connectivity index (χ0n) is 59.8. The van der Waals surface area contributed by atoms with Crippen LogP contribution in [-0.4, -0.2) is 140 Å². The molecule has 2 heterocycles. The van der Waals surface area contributed by atoms with Crippen molar-refractivity contribution in [1.82, 2.24) is 5.32 Å². The van der Waals surface area contributed by atoms with Crippen molar-refractivity contribution in [1.29, 1.82) is 0 Å². The summed E-state index contributed by atoms with van der Waals surface area (Å²) in [7, 11) is 0. The molecule has 2 rings (SSSR count). The minimum atomic E-state index is -1.79. The zero-order chi connectivity index (χ0) is 66.6. The van der Waals surface area contributed by atoms with Crippen molar-refractivity contribution in [2.24, 2.45) is 0 Å². The molecular formula is C78H151NO13. The number of unbranched alkanes of at least 4 members (excludes halogenated alkanes) is 55. The summed E-state index contributed by atoms with van der Waals surface area (Å²) in [5, 5.41) is 87.7. The second-order valence-electron chi connectivity index (χ2n) is 28.6. The standard InChI is InChI=1S/C78H151NO13/c1-3-5-7-9-11-13-15-17-19-21-23-25-27-29-31-32-33-34-36-37-39-41-43-45-47-49-51-53-55-57-59-61-67(82)66(65-89-77-75(88)73(86)76(69(64-81)91-77)92-78-74(87)72(85)71(84)68(63-80)90-78)79-70(83)62-60-58-56-54-52-50-48-46-44-42-40-38-35-30-28-26-24-22-20-18-16-14-12-10-8-6-4-2/h59,61,66-69,71-78,80-82,84-88H,3-58,60,62-65H2,1-2H3,(H,79,83)/b61-59+. The Kier molecular flexibility index (Phi) is 59.6. The Bertz CT molecular complexity index is 1590. The molecule has 546 valence electrons. The van der Waals surface area contributed by atoms with Gasteiger partial charge in [-0.15, -0.1) is 0 Å². The van der Waals surface area contributed by atoms with Gasteiger partial charge in [0.2, 0.25) is 5.91 Å². The van der Waals surface area contributed by atoms with Gasteiger partial charge in [0.05, 0.1) is 32.0 Å². The molecule has 14 nitrogen and oxygen atoms in total. The third kappa shape index (κ3) is 46.1. The highest BCUT2D eigenvalue weighted by molar-refractivity contribution is 5.76. The lowest BCUT2D eigenvalue weighted by Gasteiger charge is -2.46. The van der Waals surface area contributed by atoms with Crippen LogP contribution in [0.4, 0.5) is 0 Å². The number of amides is 1. The molecule has 2 fully saturated rings. The lowest BCUT2D eigenvalue weighted by Crippen LogP contribution is -2.65. The molecule has 9 N–H and O–H groups in total. The topological polar surface area (TPSA) is 228 Å². The molecule has 2 aliphatic rings. The molecule has 12 unspecified atom stereocenters. The quantitative estimate of drug-likeness (QED) is 0.0204. The molecule has 14 heteroatoms. The van der Waals surface area contributed by atoms with Gasteiger partial charge in [-0.05, 0) is 19.3 Å². The van der Waals surface area contributed by atoms with Crippen LogP contribution in [0.1, 0.15) is 386 Å². The highest BCUT2D eigenvalue weighted by Gasteiger charge is 2.51. The second kappa shape index (κ2) is 63.2. The SMILES string of the molecule is CCCCCCCCCCCCCCCCCCCCCCCCCCCCCCC/C=C/C(O)C(COC1OC(CO)C(OC2OC(CO)C(O)C(O)C2O)C(O)C1O)NC(=O)CCCCCCCCCCCCCCCCCCCCCCCCCCCCC. The number of hydrogen-bond acceptors (Lipinski definition) is 13. The van der Waals surface area contributed by atoms with Gasteiger partial charge in [-0.3, -0.25) is 4.79 Å². The zero-order valence-corrected chi connectivity index (χ0v) is 59.8. The van der Waals surface area contributed by atoms with E-state index in [2.05, 4.69) is 19.2 Å². The van der Waals surface area contributed by atoms with Crippen LogP contribution in [0.5, 0.6) is 0 Å². The average molecular weight is 1310 g/mol. The van der Waals surface area contributed by atoms with Crippen LogP contribution >= 0.6 is 0 Å². The van der Waals surface area contributed by atoms with Gasteiger partial charge < -0.3 is 65.1 Å². The van der Waals surface area contributed by atoms with Crippen LogP contribution in [0.15, 0.2) is 12.2 Å². The van der Waals surface area contributed by atoms with Gasteiger partial charge in [-0.1, -0.05) is 373 Å². The van der Waals surface area contributed by atoms with Crippen molar-refractivity contribution in [3.8, 4) is 0 Å². The van der Waals surface area contributed by atoms with Crippen molar-refractivity contribution in [2.75, 3.05) is 19.8 Å². The number of carbonyl (C=O) groups is 1. The van der Waals surface area contributed by atoms with E-state index in [0.29, 0.717) is 0 Å². The van der Waals surface area contributed by atoms with E-state index in [-0.39, 0.29) is 18.9 Å². The van der Waals surface area contributed by atoms with E-state index in [4.69, 9.17) is 18.9 Å². The lowest BCUT2D eigenvalue weighted by molar-refractivity contribution is -0.359. The number of aliphatic hydroxyl groups excluding tert-OH is 8. The fourth-order valence-electron chi connectivity index (χ4n) is 13.7. The minimum Gasteiger partial charge on any atom is -0.394 e. The van der Waals surface area contributed by atoms with E-state index in [1.54, 1.807) is 6.08 Å². The molecule has 2 saturated heterocycles. The summed E-state index contributed by atoms with van der Waals surface area (Å²) in [6.45, 7) is 2.88. The molecule has 1 amide bonds. The van der Waals surface area contributed by atoms with Crippen LogP contribution in [0.25, 0.3) is 0 Å². The third-order valence-corrected chi connectivity index (χ3v) is 20.0. The first-order chi connectivity index (χ1) is 45.1. The smallest absolute Gasteiger partial charge is 0.220 e. The molecule has 0 bridgehead atoms. The molecule has 0 aromatic rings. The number of aliphatic hydroxyl groups is 8. The summed E-state index contributed by atoms with van der Waals surface area (Å²) >= 11 is 0. The van der Waals surface area contributed by atoms with E-state index in [9.17, 15) is 45.6 Å². The van der Waals surface area contributed by atoms with Crippen molar-refractivity contribution in [3.63, 3.8) is 0 Å². The first-order valence-electron chi connectivity index (χ1n) is 39.9. The fourth-order valence-corrected chi connectivity index (χ4v) is 13.7. The van der Waals surface area contributed by atoms with E-state index in [0.717, 1.165) is 44.9 Å². The van der Waals surface area contributed by atoms with Gasteiger partial charge in [-0.25, -0.2) is 0 Å². The Labute approximate surface area is 565 Å². The van der Waals surface area contributed by atoms with E-state index in [1.807, 2.05) is 6.08 Å². The summed E-state index contributed by atoms with van der Waals surface area (Å²) < 4.78 is 22.9. The van der Waals surface area contributed by atoms with Crippen LogP contribution in [0.3, 0.4) is 0 Å². The Morgan fingerprint density at radius 2 is 0.674 bits per heavy atom. The normalized spacial score (nSPS) is 22.6. The second-order valence-corrected chi connectivity index (χ2v) is 28.6. The van der Waals surface area contributed by atoms with Gasteiger partial charge in [-0.2, -0.15) is 0 Å². The molecule has 2 aliphatic heterocycles. The lowest BCUT2D eigenvalue weighted by atomic mass is 9.97. The first kappa shape index (κ1) is 86.8. The highest BCUT2D eigenvalue weighted by atomic mass is 16.7. The third-order valence-electron chi connectivity index (χ3n) is 20.0. The average Bonchev–Trinajstić information content (AvgIpc) is 0.850. The maximum absolute atomic E-state index is 13.4. The summed E-state index contributed by atoms with van der Waals surface area (Å²) in [6.07, 6.45) is 63.0. The van der Waals surface area contributed by atoms with Crippen LogP contribution < -0.4 is 5.32 Å². The van der Waals surface area contributed by atoms with Gasteiger partial charge >= 0.3 is 0 Å². The predicted molar refractivity (Wildman–Crippen MR) is 379 cm³/mol. The summed E-state index contributed by atoms with van der Waals surface area (Å²) in [5.74, 6) is -0.229. The van der Waals surface area contributed by atoms with E-state index >= 15 is 0 Å². The maximum Gasteiger partial charge on any atom is 0.220 e. The monoisotopic (exact) mass is 1310 g/mol. The molecule has 0 aromatic heterocycles. The highest BCUT2D eigenvalue weighted by Crippen LogP contribution is 2.30. The Morgan fingerprint density at radius 3 is 1.00 bits per heavy atom. The Morgan fingerprint density at radius 1 is 0.380 bits per heavy atom. The van der Waals surface area contributed by atoms with Gasteiger partial charge in [0.25, 0.3) is 0 Å². The number of carbonyl (C=O) groups excluding carboxylic acids is 1. The van der Waals surface area contributed by atoms with Crippen molar-refractivity contribution >= 4 is 5.91 Å². The minimum absolute atomic E-state index is 0.229. The molecule has 0 radical (unpaired) electrons. The van der Waals surface area contributed by atoms with Gasteiger partial charge in [0.1, 0.15) is 48.8 Å².